The fourth-order valence-corrected chi connectivity index (χ4v) is 2.36. The second-order valence-electron chi connectivity index (χ2n) is 3.80. The quantitative estimate of drug-likeness (QED) is 0.777. The number of hydrogen-bond donors (Lipinski definition) is 0. The Balaban J connectivity index is 2.03. The number of esters is 1. The fourth-order valence-electron chi connectivity index (χ4n) is 1.53. The maximum Gasteiger partial charge on any atom is 0.305 e. The first-order chi connectivity index (χ1) is 8.72. The zero-order chi connectivity index (χ0) is 13.0. The molecule has 2 aromatic heterocycles. The largest absolute Gasteiger partial charge is 0.469 e. The molecule has 5 nitrogen and oxygen atoms in total. The van der Waals surface area contributed by atoms with Crippen molar-refractivity contribution >= 4 is 17.3 Å². The van der Waals surface area contributed by atoms with Crippen LogP contribution >= 0.6 is 11.3 Å². The van der Waals surface area contributed by atoms with Crippen molar-refractivity contribution in [1.82, 2.24) is 14.8 Å². The third-order valence-electron chi connectivity index (χ3n) is 2.57. The standard InChI is InChI=1S/C12H15N3O2S/c1-3-15-7-9(6-13-15)12-14-10(8-18-12)4-5-11(16)17-2/h6-8H,3-5H2,1-2H3. The van der Waals surface area contributed by atoms with Crippen molar-refractivity contribution in [3.05, 3.63) is 23.5 Å². The summed E-state index contributed by atoms with van der Waals surface area (Å²) in [5, 5.41) is 7.13. The van der Waals surface area contributed by atoms with Gasteiger partial charge in [0.25, 0.3) is 0 Å². The number of aromatic nitrogens is 3. The minimum absolute atomic E-state index is 0.205. The molecule has 0 aromatic carbocycles. The Labute approximate surface area is 109 Å². The van der Waals surface area contributed by atoms with Gasteiger partial charge >= 0.3 is 5.97 Å². The number of methoxy groups -OCH3 is 1. The van der Waals surface area contributed by atoms with Crippen molar-refractivity contribution in [1.29, 1.82) is 0 Å². The van der Waals surface area contributed by atoms with Crippen molar-refractivity contribution < 1.29 is 9.53 Å². The lowest BCUT2D eigenvalue weighted by atomic mass is 10.2. The highest BCUT2D eigenvalue weighted by Gasteiger charge is 2.08. The summed E-state index contributed by atoms with van der Waals surface area (Å²) in [7, 11) is 1.40. The van der Waals surface area contributed by atoms with E-state index in [-0.39, 0.29) is 5.97 Å². The number of nitrogens with zero attached hydrogens (tertiary/aromatic N) is 3. The summed E-state index contributed by atoms with van der Waals surface area (Å²) in [6, 6.07) is 0. The van der Waals surface area contributed by atoms with Gasteiger partial charge in [0.15, 0.2) is 0 Å². The Kier molecular flexibility index (Phi) is 4.09. The average Bonchev–Trinajstić information content (AvgIpc) is 3.03. The van der Waals surface area contributed by atoms with Gasteiger partial charge in [0.05, 0.1) is 25.4 Å². The molecule has 96 valence electrons. The molecule has 2 aromatic rings. The zero-order valence-electron chi connectivity index (χ0n) is 10.4. The molecule has 2 rings (SSSR count). The third kappa shape index (κ3) is 2.95. The third-order valence-corrected chi connectivity index (χ3v) is 3.51. The van der Waals surface area contributed by atoms with E-state index in [1.165, 1.54) is 7.11 Å². The SMILES string of the molecule is CCn1cc(-c2nc(CCC(=O)OC)cs2)cn1. The molecule has 0 spiro atoms. The molecule has 18 heavy (non-hydrogen) atoms. The van der Waals surface area contributed by atoms with Gasteiger partial charge in [-0.1, -0.05) is 0 Å². The molecular formula is C12H15N3O2S. The molecule has 2 heterocycles. The van der Waals surface area contributed by atoms with Crippen LogP contribution in [0.25, 0.3) is 10.6 Å². The summed E-state index contributed by atoms with van der Waals surface area (Å²) < 4.78 is 6.47. The highest BCUT2D eigenvalue weighted by Crippen LogP contribution is 2.23. The Hall–Kier alpha value is -1.69. The fraction of sp³-hybridized carbons (Fsp3) is 0.417. The molecule has 0 radical (unpaired) electrons. The van der Waals surface area contributed by atoms with E-state index in [0.717, 1.165) is 22.8 Å². The summed E-state index contributed by atoms with van der Waals surface area (Å²) in [5.41, 5.74) is 1.94. The van der Waals surface area contributed by atoms with Crippen molar-refractivity contribution in [2.45, 2.75) is 26.3 Å². The van der Waals surface area contributed by atoms with Crippen molar-refractivity contribution in [2.75, 3.05) is 7.11 Å². The van der Waals surface area contributed by atoms with Gasteiger partial charge < -0.3 is 4.74 Å². The van der Waals surface area contributed by atoms with E-state index in [4.69, 9.17) is 0 Å². The molecule has 0 saturated carbocycles. The predicted molar refractivity (Wildman–Crippen MR) is 69.3 cm³/mol. The number of carbonyl (C=O) groups is 1. The summed E-state index contributed by atoms with van der Waals surface area (Å²) in [6.07, 6.45) is 4.77. The first kappa shape index (κ1) is 12.8. The molecule has 0 unspecified atom stereocenters. The molecule has 0 atom stereocenters. The number of aryl methyl sites for hydroxylation is 2. The highest BCUT2D eigenvalue weighted by atomic mass is 32.1. The summed E-state index contributed by atoms with van der Waals surface area (Å²) in [4.78, 5) is 15.5. The molecule has 0 aliphatic rings. The van der Waals surface area contributed by atoms with Crippen LogP contribution in [0.15, 0.2) is 17.8 Å². The first-order valence-corrected chi connectivity index (χ1v) is 6.65. The van der Waals surface area contributed by atoms with E-state index in [1.54, 1.807) is 11.3 Å². The van der Waals surface area contributed by atoms with Gasteiger partial charge in [0, 0.05) is 30.1 Å². The van der Waals surface area contributed by atoms with E-state index in [0.29, 0.717) is 12.8 Å². The van der Waals surface area contributed by atoms with Gasteiger partial charge in [-0.3, -0.25) is 9.48 Å². The van der Waals surface area contributed by atoms with Crippen LogP contribution in [0.4, 0.5) is 0 Å². The van der Waals surface area contributed by atoms with Crippen LogP contribution in [-0.2, 0) is 22.5 Å². The van der Waals surface area contributed by atoms with E-state index >= 15 is 0 Å². The maximum atomic E-state index is 11.0. The van der Waals surface area contributed by atoms with Crippen LogP contribution in [0.3, 0.4) is 0 Å². The van der Waals surface area contributed by atoms with Gasteiger partial charge in [-0.15, -0.1) is 11.3 Å². The Morgan fingerprint density at radius 3 is 3.06 bits per heavy atom. The number of hydrogen-bond acceptors (Lipinski definition) is 5. The van der Waals surface area contributed by atoms with Gasteiger partial charge in [0.1, 0.15) is 5.01 Å². The average molecular weight is 265 g/mol. The van der Waals surface area contributed by atoms with Gasteiger partial charge in [0.2, 0.25) is 0 Å². The number of ether oxygens (including phenoxy) is 1. The number of thiazole rings is 1. The van der Waals surface area contributed by atoms with Crippen LogP contribution < -0.4 is 0 Å². The monoisotopic (exact) mass is 265 g/mol. The van der Waals surface area contributed by atoms with Crippen LogP contribution in [0.5, 0.6) is 0 Å². The smallest absolute Gasteiger partial charge is 0.305 e. The lowest BCUT2D eigenvalue weighted by Crippen LogP contribution is -2.01. The molecule has 0 amide bonds. The number of carbonyl (C=O) groups excluding carboxylic acids is 1. The highest BCUT2D eigenvalue weighted by molar-refractivity contribution is 7.13. The maximum absolute atomic E-state index is 11.0. The van der Waals surface area contributed by atoms with Crippen LogP contribution in [0.1, 0.15) is 19.0 Å². The van der Waals surface area contributed by atoms with Gasteiger partial charge in [-0.25, -0.2) is 4.98 Å². The van der Waals surface area contributed by atoms with Gasteiger partial charge in [-0.2, -0.15) is 5.10 Å². The summed E-state index contributed by atoms with van der Waals surface area (Å²) in [5.74, 6) is -0.205. The van der Waals surface area contributed by atoms with Crippen LogP contribution in [-0.4, -0.2) is 27.8 Å². The minimum Gasteiger partial charge on any atom is -0.469 e. The lowest BCUT2D eigenvalue weighted by Gasteiger charge is -1.95. The summed E-state index contributed by atoms with van der Waals surface area (Å²) in [6.45, 7) is 2.89. The van der Waals surface area contributed by atoms with E-state index in [2.05, 4.69) is 14.8 Å². The Morgan fingerprint density at radius 2 is 2.39 bits per heavy atom. The molecule has 0 aliphatic carbocycles. The predicted octanol–water partition coefficient (Wildman–Crippen LogP) is 2.13. The molecule has 0 fully saturated rings. The molecule has 0 bridgehead atoms. The van der Waals surface area contributed by atoms with E-state index in [9.17, 15) is 4.79 Å². The van der Waals surface area contributed by atoms with Crippen molar-refractivity contribution in [2.24, 2.45) is 0 Å². The molecule has 0 saturated heterocycles. The van der Waals surface area contributed by atoms with Crippen LogP contribution in [0, 0.1) is 0 Å². The first-order valence-electron chi connectivity index (χ1n) is 5.77. The van der Waals surface area contributed by atoms with Crippen molar-refractivity contribution in [3.63, 3.8) is 0 Å². The zero-order valence-corrected chi connectivity index (χ0v) is 11.2. The molecular weight excluding hydrogens is 250 g/mol. The molecule has 0 N–H and O–H groups in total. The molecule has 6 heteroatoms. The summed E-state index contributed by atoms with van der Waals surface area (Å²) >= 11 is 1.57. The Bertz CT molecular complexity index is 533. The van der Waals surface area contributed by atoms with Crippen molar-refractivity contribution in [3.8, 4) is 10.6 Å². The lowest BCUT2D eigenvalue weighted by molar-refractivity contribution is -0.140. The number of rotatable bonds is 5. The Morgan fingerprint density at radius 1 is 1.56 bits per heavy atom. The molecule has 0 aliphatic heterocycles. The topological polar surface area (TPSA) is 57.0 Å². The van der Waals surface area contributed by atoms with E-state index < -0.39 is 0 Å². The van der Waals surface area contributed by atoms with E-state index in [1.807, 2.05) is 29.4 Å². The van der Waals surface area contributed by atoms with Gasteiger partial charge in [-0.05, 0) is 6.92 Å². The normalized spacial score (nSPS) is 10.6. The second-order valence-corrected chi connectivity index (χ2v) is 4.66. The second kappa shape index (κ2) is 5.77. The minimum atomic E-state index is -0.205. The van der Waals surface area contributed by atoms with Crippen LogP contribution in [0.2, 0.25) is 0 Å².